The summed E-state index contributed by atoms with van der Waals surface area (Å²) in [4.78, 5) is 4.23. The van der Waals surface area contributed by atoms with Crippen molar-refractivity contribution in [2.45, 2.75) is 35.6 Å². The average molecular weight is 195 g/mol. The van der Waals surface area contributed by atoms with E-state index >= 15 is 0 Å². The molecule has 1 aliphatic rings. The molecule has 1 fully saturated rings. The van der Waals surface area contributed by atoms with E-state index in [1.807, 2.05) is 18.2 Å². The lowest BCUT2D eigenvalue weighted by Crippen LogP contribution is -2.14. The number of thioether (sulfide) groups is 1. The van der Waals surface area contributed by atoms with Crippen LogP contribution >= 0.6 is 11.8 Å². The van der Waals surface area contributed by atoms with Crippen molar-refractivity contribution in [2.24, 2.45) is 0 Å². The third kappa shape index (κ3) is 2.23. The molecule has 0 unspecified atom stereocenters. The summed E-state index contributed by atoms with van der Waals surface area (Å²) in [5.41, 5.74) is 0. The molecule has 3 heteroatoms. The number of rotatable bonds is 2. The van der Waals surface area contributed by atoms with E-state index < -0.39 is 0 Å². The van der Waals surface area contributed by atoms with Crippen molar-refractivity contribution in [2.75, 3.05) is 0 Å². The molecule has 2 rings (SSSR count). The Kier molecular flexibility index (Phi) is 2.86. The first-order valence-electron chi connectivity index (χ1n) is 4.62. The largest absolute Gasteiger partial charge is 0.392 e. The Morgan fingerprint density at radius 2 is 2.31 bits per heavy atom. The summed E-state index contributed by atoms with van der Waals surface area (Å²) in [6.45, 7) is 0. The molecule has 1 N–H and O–H groups in total. The highest BCUT2D eigenvalue weighted by molar-refractivity contribution is 7.99. The van der Waals surface area contributed by atoms with Gasteiger partial charge in [0.05, 0.1) is 11.1 Å². The first kappa shape index (κ1) is 9.03. The Bertz CT molecular complexity index is 265. The molecule has 0 aromatic carbocycles. The normalized spacial score (nSPS) is 27.8. The van der Waals surface area contributed by atoms with Gasteiger partial charge < -0.3 is 5.11 Å². The number of aromatic nitrogens is 1. The molecule has 1 heterocycles. The van der Waals surface area contributed by atoms with Gasteiger partial charge in [-0.05, 0) is 31.4 Å². The molecule has 0 bridgehead atoms. The number of aliphatic hydroxyl groups excluding tert-OH is 1. The number of aliphatic hydroxyl groups is 1. The van der Waals surface area contributed by atoms with Crippen LogP contribution in [0, 0.1) is 0 Å². The zero-order valence-corrected chi connectivity index (χ0v) is 8.20. The fourth-order valence-corrected chi connectivity index (χ4v) is 2.78. The van der Waals surface area contributed by atoms with Gasteiger partial charge in [0, 0.05) is 11.4 Å². The minimum Gasteiger partial charge on any atom is -0.392 e. The average Bonchev–Trinajstić information content (AvgIpc) is 2.54. The van der Waals surface area contributed by atoms with Gasteiger partial charge >= 0.3 is 0 Å². The fourth-order valence-electron chi connectivity index (χ4n) is 1.62. The van der Waals surface area contributed by atoms with Crippen LogP contribution in [0.5, 0.6) is 0 Å². The predicted molar refractivity (Wildman–Crippen MR) is 53.7 cm³/mol. The third-order valence-corrected chi connectivity index (χ3v) is 3.66. The van der Waals surface area contributed by atoms with Gasteiger partial charge in [-0.2, -0.15) is 0 Å². The molecule has 1 aromatic heterocycles. The molecular formula is C10H13NOS. The number of hydrogen-bond donors (Lipinski definition) is 1. The highest BCUT2D eigenvalue weighted by Gasteiger charge is 2.26. The molecule has 1 aliphatic carbocycles. The van der Waals surface area contributed by atoms with Gasteiger partial charge in [0.15, 0.2) is 0 Å². The second-order valence-corrected chi connectivity index (χ2v) is 4.58. The van der Waals surface area contributed by atoms with Crippen molar-refractivity contribution in [3.8, 4) is 0 Å². The van der Waals surface area contributed by atoms with Crippen molar-refractivity contribution >= 4 is 11.8 Å². The molecule has 2 atom stereocenters. The number of nitrogens with zero attached hydrogens (tertiary/aromatic N) is 1. The fraction of sp³-hybridized carbons (Fsp3) is 0.500. The molecule has 1 saturated carbocycles. The minimum absolute atomic E-state index is 0.132. The van der Waals surface area contributed by atoms with Crippen LogP contribution in [0.15, 0.2) is 29.4 Å². The SMILES string of the molecule is O[C@H]1CCC[C@@H]1Sc1ccccn1. The predicted octanol–water partition coefficient (Wildman–Crippen LogP) is 2.09. The second-order valence-electron chi connectivity index (χ2n) is 3.32. The summed E-state index contributed by atoms with van der Waals surface area (Å²) in [5.74, 6) is 0. The molecule has 0 spiro atoms. The molecule has 0 aliphatic heterocycles. The lowest BCUT2D eigenvalue weighted by atomic mass is 10.3. The van der Waals surface area contributed by atoms with Crippen molar-refractivity contribution in [3.63, 3.8) is 0 Å². The van der Waals surface area contributed by atoms with E-state index in [1.165, 1.54) is 0 Å². The van der Waals surface area contributed by atoms with Gasteiger partial charge in [0.2, 0.25) is 0 Å². The van der Waals surface area contributed by atoms with E-state index in [2.05, 4.69) is 4.98 Å². The Hall–Kier alpha value is -0.540. The van der Waals surface area contributed by atoms with E-state index in [1.54, 1.807) is 18.0 Å². The second kappa shape index (κ2) is 4.11. The summed E-state index contributed by atoms with van der Waals surface area (Å²) in [6, 6.07) is 5.89. The minimum atomic E-state index is -0.132. The Morgan fingerprint density at radius 3 is 2.92 bits per heavy atom. The smallest absolute Gasteiger partial charge is 0.0963 e. The molecule has 13 heavy (non-hydrogen) atoms. The van der Waals surface area contributed by atoms with Crippen molar-refractivity contribution < 1.29 is 5.11 Å². The summed E-state index contributed by atoms with van der Waals surface area (Å²) < 4.78 is 0. The quantitative estimate of drug-likeness (QED) is 0.784. The van der Waals surface area contributed by atoms with Crippen LogP contribution in [0.25, 0.3) is 0 Å². The van der Waals surface area contributed by atoms with Crippen molar-refractivity contribution in [1.82, 2.24) is 4.98 Å². The van der Waals surface area contributed by atoms with Crippen molar-refractivity contribution in [1.29, 1.82) is 0 Å². The zero-order valence-electron chi connectivity index (χ0n) is 7.39. The van der Waals surface area contributed by atoms with Crippen LogP contribution in [-0.4, -0.2) is 21.4 Å². The van der Waals surface area contributed by atoms with E-state index in [-0.39, 0.29) is 6.10 Å². The van der Waals surface area contributed by atoms with Gasteiger partial charge in [-0.25, -0.2) is 4.98 Å². The molecule has 2 nitrogen and oxygen atoms in total. The monoisotopic (exact) mass is 195 g/mol. The highest BCUT2D eigenvalue weighted by atomic mass is 32.2. The van der Waals surface area contributed by atoms with Crippen LogP contribution in [0.3, 0.4) is 0 Å². The Labute approximate surface area is 82.4 Å². The summed E-state index contributed by atoms with van der Waals surface area (Å²) in [6.07, 6.45) is 4.87. The highest BCUT2D eigenvalue weighted by Crippen LogP contribution is 2.33. The van der Waals surface area contributed by atoms with Crippen LogP contribution < -0.4 is 0 Å². The first-order chi connectivity index (χ1) is 6.36. The molecule has 0 saturated heterocycles. The molecular weight excluding hydrogens is 182 g/mol. The lowest BCUT2D eigenvalue weighted by Gasteiger charge is -2.12. The van der Waals surface area contributed by atoms with E-state index in [9.17, 15) is 5.11 Å². The van der Waals surface area contributed by atoms with Gasteiger partial charge in [0.1, 0.15) is 0 Å². The van der Waals surface area contributed by atoms with Crippen LogP contribution in [0.1, 0.15) is 19.3 Å². The number of pyridine rings is 1. The molecule has 1 aromatic rings. The van der Waals surface area contributed by atoms with E-state index in [0.717, 1.165) is 24.3 Å². The van der Waals surface area contributed by atoms with Gasteiger partial charge in [0.25, 0.3) is 0 Å². The zero-order chi connectivity index (χ0) is 9.10. The lowest BCUT2D eigenvalue weighted by molar-refractivity contribution is 0.188. The Balaban J connectivity index is 1.98. The van der Waals surface area contributed by atoms with Crippen LogP contribution in [-0.2, 0) is 0 Å². The topological polar surface area (TPSA) is 33.1 Å². The van der Waals surface area contributed by atoms with E-state index in [0.29, 0.717) is 5.25 Å². The maximum atomic E-state index is 9.60. The van der Waals surface area contributed by atoms with Crippen molar-refractivity contribution in [3.05, 3.63) is 24.4 Å². The third-order valence-electron chi connectivity index (χ3n) is 2.33. The van der Waals surface area contributed by atoms with Gasteiger partial charge in [-0.3, -0.25) is 0 Å². The van der Waals surface area contributed by atoms with Gasteiger partial charge in [-0.15, -0.1) is 11.8 Å². The standard InChI is InChI=1S/C10H13NOS/c12-8-4-3-5-9(8)13-10-6-1-2-7-11-10/h1-2,6-9,12H,3-5H2/t8-,9-/m0/s1. The van der Waals surface area contributed by atoms with E-state index in [4.69, 9.17) is 0 Å². The summed E-state index contributed by atoms with van der Waals surface area (Å²) in [7, 11) is 0. The molecule has 0 radical (unpaired) electrons. The molecule has 0 amide bonds. The molecule has 70 valence electrons. The maximum Gasteiger partial charge on any atom is 0.0963 e. The summed E-state index contributed by atoms with van der Waals surface area (Å²) in [5, 5.41) is 11.0. The summed E-state index contributed by atoms with van der Waals surface area (Å²) >= 11 is 1.70. The first-order valence-corrected chi connectivity index (χ1v) is 5.50. The van der Waals surface area contributed by atoms with Crippen LogP contribution in [0.4, 0.5) is 0 Å². The maximum absolute atomic E-state index is 9.60. The number of hydrogen-bond acceptors (Lipinski definition) is 3. The van der Waals surface area contributed by atoms with Gasteiger partial charge in [-0.1, -0.05) is 6.07 Å². The Morgan fingerprint density at radius 1 is 1.38 bits per heavy atom. The van der Waals surface area contributed by atoms with Crippen LogP contribution in [0.2, 0.25) is 0 Å².